The van der Waals surface area contributed by atoms with Crippen LogP contribution in [-0.2, 0) is 14.3 Å². The first-order valence-corrected chi connectivity index (χ1v) is 6.77. The van der Waals surface area contributed by atoms with Crippen LogP contribution < -0.4 is 5.32 Å². The van der Waals surface area contributed by atoms with Gasteiger partial charge in [-0.3, -0.25) is 4.79 Å². The number of carbonyl (C=O) groups excluding carboxylic acids is 2. The Hall–Kier alpha value is -1.56. The van der Waals surface area contributed by atoms with Crippen LogP contribution in [0.2, 0.25) is 0 Å². The Morgan fingerprint density at radius 1 is 1.42 bits per heavy atom. The first-order valence-electron chi connectivity index (χ1n) is 5.79. The van der Waals surface area contributed by atoms with Crippen molar-refractivity contribution in [3.8, 4) is 0 Å². The van der Waals surface area contributed by atoms with E-state index in [0.717, 1.165) is 0 Å². The van der Waals surface area contributed by atoms with Crippen LogP contribution in [0.25, 0.3) is 0 Å². The number of methoxy groups -OCH3 is 1. The molecule has 1 N–H and O–H groups in total. The summed E-state index contributed by atoms with van der Waals surface area (Å²) in [6.45, 7) is 1.55. The van der Waals surface area contributed by atoms with Crippen molar-refractivity contribution in [3.63, 3.8) is 0 Å². The fourth-order valence-electron chi connectivity index (χ4n) is 1.36. The maximum atomic E-state index is 13.3. The molecule has 4 nitrogen and oxygen atoms in total. The summed E-state index contributed by atoms with van der Waals surface area (Å²) in [5.74, 6) is -0.603. The first-order chi connectivity index (χ1) is 9.04. The number of nitrogens with one attached hydrogen (secondary N) is 1. The number of amides is 1. The van der Waals surface area contributed by atoms with Crippen molar-refractivity contribution in [1.29, 1.82) is 0 Å². The maximum Gasteiger partial charge on any atom is 0.328 e. The summed E-state index contributed by atoms with van der Waals surface area (Å²) < 4.78 is 17.8. The van der Waals surface area contributed by atoms with Gasteiger partial charge in [-0.2, -0.15) is 0 Å². The fraction of sp³-hybridized carbons (Fsp3) is 0.385. The molecule has 0 bridgehead atoms. The summed E-state index contributed by atoms with van der Waals surface area (Å²) in [6.07, 6.45) is 0.209. The standard InChI is InChI=1S/C13H16FNO3S/c1-9(13(17)18-2)15-12(16)7-8-19-11-6-4-3-5-10(11)14/h3-6,9H,7-8H2,1-2H3,(H,15,16). The number of benzene rings is 1. The van der Waals surface area contributed by atoms with Gasteiger partial charge in [-0.05, 0) is 19.1 Å². The molecule has 1 amide bonds. The second kappa shape index (κ2) is 7.78. The third-order valence-corrected chi connectivity index (χ3v) is 3.41. The molecule has 0 radical (unpaired) electrons. The molecule has 0 saturated carbocycles. The van der Waals surface area contributed by atoms with Gasteiger partial charge in [0.25, 0.3) is 0 Å². The monoisotopic (exact) mass is 285 g/mol. The molecule has 0 fully saturated rings. The molecule has 104 valence electrons. The lowest BCUT2D eigenvalue weighted by atomic mass is 10.3. The van der Waals surface area contributed by atoms with E-state index in [1.165, 1.54) is 24.9 Å². The molecule has 0 saturated heterocycles. The van der Waals surface area contributed by atoms with Crippen LogP contribution in [0.3, 0.4) is 0 Å². The van der Waals surface area contributed by atoms with Gasteiger partial charge in [-0.1, -0.05) is 12.1 Å². The van der Waals surface area contributed by atoms with Gasteiger partial charge < -0.3 is 10.1 Å². The van der Waals surface area contributed by atoms with Crippen molar-refractivity contribution in [1.82, 2.24) is 5.32 Å². The van der Waals surface area contributed by atoms with Crippen LogP contribution in [0.4, 0.5) is 4.39 Å². The zero-order valence-electron chi connectivity index (χ0n) is 10.8. The average molecular weight is 285 g/mol. The van der Waals surface area contributed by atoms with Gasteiger partial charge in [0, 0.05) is 17.1 Å². The zero-order chi connectivity index (χ0) is 14.3. The van der Waals surface area contributed by atoms with E-state index in [0.29, 0.717) is 10.6 Å². The lowest BCUT2D eigenvalue weighted by Crippen LogP contribution is -2.39. The van der Waals surface area contributed by atoms with Crippen LogP contribution in [0.15, 0.2) is 29.2 Å². The molecule has 0 aliphatic carbocycles. The number of hydrogen-bond donors (Lipinski definition) is 1. The Morgan fingerprint density at radius 3 is 2.74 bits per heavy atom. The highest BCUT2D eigenvalue weighted by atomic mass is 32.2. The van der Waals surface area contributed by atoms with Crippen LogP contribution in [-0.4, -0.2) is 30.8 Å². The van der Waals surface area contributed by atoms with Gasteiger partial charge in [0.15, 0.2) is 0 Å². The van der Waals surface area contributed by atoms with Crippen molar-refractivity contribution < 1.29 is 18.7 Å². The van der Waals surface area contributed by atoms with Crippen LogP contribution >= 0.6 is 11.8 Å². The Morgan fingerprint density at radius 2 is 2.11 bits per heavy atom. The van der Waals surface area contributed by atoms with Crippen molar-refractivity contribution in [2.24, 2.45) is 0 Å². The first kappa shape index (κ1) is 15.5. The second-order valence-corrected chi connectivity index (χ2v) is 4.98. The highest BCUT2D eigenvalue weighted by Gasteiger charge is 2.15. The predicted molar refractivity (Wildman–Crippen MR) is 71.4 cm³/mol. The van der Waals surface area contributed by atoms with E-state index in [1.807, 2.05) is 0 Å². The largest absolute Gasteiger partial charge is 0.467 e. The smallest absolute Gasteiger partial charge is 0.328 e. The number of thioether (sulfide) groups is 1. The van der Waals surface area contributed by atoms with Crippen molar-refractivity contribution in [2.75, 3.05) is 12.9 Å². The van der Waals surface area contributed by atoms with E-state index in [-0.39, 0.29) is 18.1 Å². The summed E-state index contributed by atoms with van der Waals surface area (Å²) in [5, 5.41) is 2.51. The number of hydrogen-bond acceptors (Lipinski definition) is 4. The molecule has 6 heteroatoms. The van der Waals surface area contributed by atoms with Gasteiger partial charge in [-0.25, -0.2) is 9.18 Å². The summed E-state index contributed by atoms with van der Waals surface area (Å²) >= 11 is 1.26. The number of esters is 1. The zero-order valence-corrected chi connectivity index (χ0v) is 11.6. The average Bonchev–Trinajstić information content (AvgIpc) is 2.40. The lowest BCUT2D eigenvalue weighted by molar-refractivity contribution is -0.144. The maximum absolute atomic E-state index is 13.3. The molecule has 0 heterocycles. The van der Waals surface area contributed by atoms with E-state index in [2.05, 4.69) is 10.1 Å². The molecule has 1 aromatic carbocycles. The van der Waals surface area contributed by atoms with Crippen molar-refractivity contribution >= 4 is 23.6 Å². The molecule has 1 atom stereocenters. The van der Waals surface area contributed by atoms with Crippen molar-refractivity contribution in [2.45, 2.75) is 24.3 Å². The SMILES string of the molecule is COC(=O)C(C)NC(=O)CCSc1ccccc1F. The van der Waals surface area contributed by atoms with E-state index in [9.17, 15) is 14.0 Å². The molecule has 0 aliphatic rings. The Kier molecular flexibility index (Phi) is 6.35. The minimum atomic E-state index is -0.670. The van der Waals surface area contributed by atoms with Crippen LogP contribution in [0, 0.1) is 5.82 Å². The van der Waals surface area contributed by atoms with E-state index >= 15 is 0 Å². The number of rotatable bonds is 6. The third kappa shape index (κ3) is 5.30. The molecule has 0 aliphatic heterocycles. The third-order valence-electron chi connectivity index (χ3n) is 2.36. The quantitative estimate of drug-likeness (QED) is 0.641. The molecule has 19 heavy (non-hydrogen) atoms. The molecule has 0 aromatic heterocycles. The van der Waals surface area contributed by atoms with Gasteiger partial charge >= 0.3 is 5.97 Å². The topological polar surface area (TPSA) is 55.4 Å². The number of carbonyl (C=O) groups is 2. The van der Waals surface area contributed by atoms with E-state index < -0.39 is 12.0 Å². The molecule has 1 rings (SSSR count). The minimum absolute atomic E-state index is 0.209. The minimum Gasteiger partial charge on any atom is -0.467 e. The Balaban J connectivity index is 2.32. The summed E-state index contributed by atoms with van der Waals surface area (Å²) in [6, 6.07) is 5.72. The fourth-order valence-corrected chi connectivity index (χ4v) is 2.25. The van der Waals surface area contributed by atoms with Gasteiger partial charge in [0.2, 0.25) is 5.91 Å². The Bertz CT molecular complexity index is 453. The van der Waals surface area contributed by atoms with E-state index in [4.69, 9.17) is 0 Å². The lowest BCUT2D eigenvalue weighted by Gasteiger charge is -2.11. The molecular weight excluding hydrogens is 269 g/mol. The Labute approximate surface area is 115 Å². The summed E-state index contributed by atoms with van der Waals surface area (Å²) in [4.78, 5) is 23.1. The highest BCUT2D eigenvalue weighted by Crippen LogP contribution is 2.21. The van der Waals surface area contributed by atoms with Crippen LogP contribution in [0.1, 0.15) is 13.3 Å². The molecule has 0 spiro atoms. The molecule has 1 aromatic rings. The number of ether oxygens (including phenoxy) is 1. The number of halogens is 1. The van der Waals surface area contributed by atoms with Gasteiger partial charge in [0.05, 0.1) is 7.11 Å². The van der Waals surface area contributed by atoms with Crippen LogP contribution in [0.5, 0.6) is 0 Å². The molecule has 1 unspecified atom stereocenters. The predicted octanol–water partition coefficient (Wildman–Crippen LogP) is 1.99. The van der Waals surface area contributed by atoms with Gasteiger partial charge in [0.1, 0.15) is 11.9 Å². The molecular formula is C13H16FNO3S. The van der Waals surface area contributed by atoms with Crippen molar-refractivity contribution in [3.05, 3.63) is 30.1 Å². The highest BCUT2D eigenvalue weighted by molar-refractivity contribution is 7.99. The van der Waals surface area contributed by atoms with Gasteiger partial charge in [-0.15, -0.1) is 11.8 Å². The normalized spacial score (nSPS) is 11.7. The van der Waals surface area contributed by atoms with E-state index in [1.54, 1.807) is 25.1 Å². The second-order valence-electron chi connectivity index (χ2n) is 3.84. The summed E-state index contributed by atoms with van der Waals surface area (Å²) in [7, 11) is 1.26. The summed E-state index contributed by atoms with van der Waals surface area (Å²) in [5.41, 5.74) is 0.